The van der Waals surface area contributed by atoms with Crippen molar-refractivity contribution in [2.45, 2.75) is 66.5 Å². The Morgan fingerprint density at radius 1 is 1.05 bits per heavy atom. The van der Waals surface area contributed by atoms with Gasteiger partial charge in [0.15, 0.2) is 5.82 Å². The number of fused-ring (bicyclic) bond motifs is 1. The van der Waals surface area contributed by atoms with Gasteiger partial charge in [0.25, 0.3) is 0 Å². The second-order valence-electron chi connectivity index (χ2n) is 11.5. The van der Waals surface area contributed by atoms with Crippen molar-refractivity contribution in [1.29, 1.82) is 0 Å². The zero-order valence-corrected chi connectivity index (χ0v) is 25.4. The number of aliphatic imine (C=N–C) groups is 1. The fraction of sp³-hybridized carbons (Fsp3) is 0.364. The van der Waals surface area contributed by atoms with Gasteiger partial charge in [0.2, 0.25) is 5.91 Å². The van der Waals surface area contributed by atoms with E-state index in [0.29, 0.717) is 41.8 Å². The highest BCUT2D eigenvalue weighted by molar-refractivity contribution is 6.07. The molecule has 1 aromatic carbocycles. The molecule has 0 saturated carbocycles. The molecule has 1 saturated heterocycles. The van der Waals surface area contributed by atoms with E-state index in [9.17, 15) is 4.79 Å². The first-order chi connectivity index (χ1) is 19.9. The van der Waals surface area contributed by atoms with Gasteiger partial charge in [-0.1, -0.05) is 39.1 Å². The minimum absolute atomic E-state index is 0.0294. The van der Waals surface area contributed by atoms with Crippen molar-refractivity contribution in [3.8, 4) is 11.3 Å². The molecule has 0 radical (unpaired) electrons. The van der Waals surface area contributed by atoms with Gasteiger partial charge in [-0.25, -0.2) is 24.3 Å². The number of carbonyl (C=O) groups is 1. The zero-order chi connectivity index (χ0) is 30.5. The molecule has 0 spiro atoms. The molecule has 2 atom stereocenters. The average molecular weight is 568 g/mol. The molecule has 8 nitrogen and oxygen atoms in total. The number of benzene rings is 1. The van der Waals surface area contributed by atoms with Crippen molar-refractivity contribution < 1.29 is 9.18 Å². The SMILES string of the molecule is C=CC(=O)N1CC(C)N(C2=NC(=C)N(c3c(C)nc(C)nc3C(C)C)c3nc(-c4ccccc4F)c(C)cc32)CC1C. The molecule has 2 aliphatic heterocycles. The van der Waals surface area contributed by atoms with Crippen LogP contribution in [0.3, 0.4) is 0 Å². The third kappa shape index (κ3) is 4.97. The van der Waals surface area contributed by atoms with Gasteiger partial charge in [-0.05, 0) is 70.4 Å². The molecule has 5 rings (SSSR count). The van der Waals surface area contributed by atoms with Gasteiger partial charge < -0.3 is 9.80 Å². The number of anilines is 2. The normalized spacial score (nSPS) is 18.7. The molecule has 2 aliphatic rings. The van der Waals surface area contributed by atoms with Crippen LogP contribution in [0.2, 0.25) is 0 Å². The molecule has 2 aromatic heterocycles. The second kappa shape index (κ2) is 11.1. The summed E-state index contributed by atoms with van der Waals surface area (Å²) in [6.45, 7) is 23.2. The van der Waals surface area contributed by atoms with Gasteiger partial charge in [0.1, 0.15) is 23.3 Å². The fourth-order valence-electron chi connectivity index (χ4n) is 5.93. The predicted octanol–water partition coefficient (Wildman–Crippen LogP) is 6.20. The molecule has 42 heavy (non-hydrogen) atoms. The molecule has 9 heteroatoms. The van der Waals surface area contributed by atoms with Crippen molar-refractivity contribution >= 4 is 23.2 Å². The lowest BCUT2D eigenvalue weighted by molar-refractivity contribution is -0.130. The molecule has 4 heterocycles. The number of piperazine rings is 1. The van der Waals surface area contributed by atoms with Crippen LogP contribution in [0.25, 0.3) is 11.3 Å². The van der Waals surface area contributed by atoms with E-state index in [1.807, 2.05) is 49.6 Å². The molecule has 1 fully saturated rings. The van der Waals surface area contributed by atoms with Crippen LogP contribution >= 0.6 is 0 Å². The largest absolute Gasteiger partial charge is 0.349 e. The van der Waals surface area contributed by atoms with E-state index in [0.717, 1.165) is 34.0 Å². The Morgan fingerprint density at radius 3 is 2.43 bits per heavy atom. The summed E-state index contributed by atoms with van der Waals surface area (Å²) in [4.78, 5) is 38.2. The van der Waals surface area contributed by atoms with Crippen LogP contribution in [0, 0.1) is 26.6 Å². The molecular weight excluding hydrogens is 529 g/mol. The number of aromatic nitrogens is 3. The summed E-state index contributed by atoms with van der Waals surface area (Å²) in [6, 6.07) is 8.61. The van der Waals surface area contributed by atoms with E-state index in [1.54, 1.807) is 12.1 Å². The lowest BCUT2D eigenvalue weighted by atomic mass is 9.99. The molecule has 0 N–H and O–H groups in total. The van der Waals surface area contributed by atoms with E-state index in [1.165, 1.54) is 12.1 Å². The molecule has 0 aliphatic carbocycles. The van der Waals surface area contributed by atoms with Crippen LogP contribution in [-0.2, 0) is 4.79 Å². The first kappa shape index (κ1) is 29.1. The number of halogens is 1. The maximum atomic E-state index is 15.1. The average Bonchev–Trinajstić information content (AvgIpc) is 2.94. The summed E-state index contributed by atoms with van der Waals surface area (Å²) in [5.41, 5.74) is 5.02. The second-order valence-corrected chi connectivity index (χ2v) is 11.5. The monoisotopic (exact) mass is 567 g/mol. The summed E-state index contributed by atoms with van der Waals surface area (Å²) >= 11 is 0. The van der Waals surface area contributed by atoms with Gasteiger partial charge in [-0.15, -0.1) is 0 Å². The van der Waals surface area contributed by atoms with Crippen LogP contribution in [-0.4, -0.2) is 61.7 Å². The van der Waals surface area contributed by atoms with E-state index in [-0.39, 0.29) is 29.7 Å². The topological polar surface area (TPSA) is 77.8 Å². The number of aryl methyl sites for hydroxylation is 3. The van der Waals surface area contributed by atoms with Crippen LogP contribution in [0.5, 0.6) is 0 Å². The van der Waals surface area contributed by atoms with Crippen molar-refractivity contribution in [2.24, 2.45) is 4.99 Å². The van der Waals surface area contributed by atoms with Gasteiger partial charge in [-0.2, -0.15) is 0 Å². The number of hydrogen-bond donors (Lipinski definition) is 0. The molecule has 0 bridgehead atoms. The van der Waals surface area contributed by atoms with Crippen LogP contribution in [0.15, 0.2) is 60.4 Å². The Balaban J connectivity index is 1.73. The van der Waals surface area contributed by atoms with Crippen molar-refractivity contribution in [3.63, 3.8) is 0 Å². The van der Waals surface area contributed by atoms with Crippen molar-refractivity contribution in [1.82, 2.24) is 24.8 Å². The summed E-state index contributed by atoms with van der Waals surface area (Å²) in [7, 11) is 0. The smallest absolute Gasteiger partial charge is 0.246 e. The fourth-order valence-corrected chi connectivity index (χ4v) is 5.93. The van der Waals surface area contributed by atoms with E-state index < -0.39 is 0 Å². The third-order valence-electron chi connectivity index (χ3n) is 7.95. The van der Waals surface area contributed by atoms with Gasteiger partial charge >= 0.3 is 0 Å². The Labute approximate surface area is 247 Å². The Kier molecular flexibility index (Phi) is 7.70. The number of rotatable bonds is 4. The highest BCUT2D eigenvalue weighted by Gasteiger charge is 2.38. The summed E-state index contributed by atoms with van der Waals surface area (Å²) < 4.78 is 15.1. The zero-order valence-electron chi connectivity index (χ0n) is 25.4. The summed E-state index contributed by atoms with van der Waals surface area (Å²) in [5, 5.41) is 0. The molecule has 3 aromatic rings. The maximum Gasteiger partial charge on any atom is 0.246 e. The molecule has 1 amide bonds. The Morgan fingerprint density at radius 2 is 1.76 bits per heavy atom. The third-order valence-corrected chi connectivity index (χ3v) is 7.95. The van der Waals surface area contributed by atoms with Gasteiger partial charge in [0, 0.05) is 30.7 Å². The van der Waals surface area contributed by atoms with E-state index in [2.05, 4.69) is 43.8 Å². The minimum Gasteiger partial charge on any atom is -0.349 e. The number of hydrogen-bond acceptors (Lipinski definition) is 7. The van der Waals surface area contributed by atoms with Crippen molar-refractivity contribution in [2.75, 3.05) is 18.0 Å². The van der Waals surface area contributed by atoms with Crippen LogP contribution in [0.1, 0.15) is 62.0 Å². The Bertz CT molecular complexity index is 1630. The molecule has 218 valence electrons. The number of carbonyl (C=O) groups excluding carboxylic acids is 1. The first-order valence-corrected chi connectivity index (χ1v) is 14.3. The minimum atomic E-state index is -0.341. The lowest BCUT2D eigenvalue weighted by Crippen LogP contribution is -2.59. The number of nitrogens with zero attached hydrogens (tertiary/aromatic N) is 7. The number of amidine groups is 1. The van der Waals surface area contributed by atoms with E-state index in [4.69, 9.17) is 15.0 Å². The van der Waals surface area contributed by atoms with Crippen molar-refractivity contribution in [3.05, 3.63) is 89.5 Å². The van der Waals surface area contributed by atoms with E-state index >= 15 is 4.39 Å². The summed E-state index contributed by atoms with van der Waals surface area (Å²) in [6.07, 6.45) is 1.36. The maximum absolute atomic E-state index is 15.1. The van der Waals surface area contributed by atoms with Gasteiger partial charge in [0.05, 0.1) is 28.3 Å². The molecule has 2 unspecified atom stereocenters. The lowest BCUT2D eigenvalue weighted by Gasteiger charge is -2.46. The highest BCUT2D eigenvalue weighted by atomic mass is 19.1. The summed E-state index contributed by atoms with van der Waals surface area (Å²) in [5.74, 6) is 2.14. The first-order valence-electron chi connectivity index (χ1n) is 14.3. The van der Waals surface area contributed by atoms with Crippen LogP contribution in [0.4, 0.5) is 15.9 Å². The number of pyridine rings is 1. The Hall–Kier alpha value is -4.40. The number of amides is 1. The van der Waals surface area contributed by atoms with Gasteiger partial charge in [-0.3, -0.25) is 9.69 Å². The van der Waals surface area contributed by atoms with Crippen LogP contribution < -0.4 is 4.90 Å². The highest BCUT2D eigenvalue weighted by Crippen LogP contribution is 2.43. The quantitative estimate of drug-likeness (QED) is 0.349. The molecular formula is C33H38FN7O. The predicted molar refractivity (Wildman–Crippen MR) is 165 cm³/mol. The standard InChI is InChI=1S/C33H38FN7O/c1-10-28(42)39-16-21(6)40(17-20(39)5)32-26-15-19(4)30(25-13-11-12-14-27(25)34)38-33(26)41(24(9)37-32)31-22(7)35-23(8)36-29(31)18(2)3/h10-15,18,20-21H,1,9,16-17H2,2-8H3.